The fourth-order valence-corrected chi connectivity index (χ4v) is 5.98. The van der Waals surface area contributed by atoms with Gasteiger partial charge >= 0.3 is 0 Å². The third-order valence-corrected chi connectivity index (χ3v) is 7.90. The molecule has 5 rings (SSSR count). The third-order valence-electron chi connectivity index (χ3n) is 7.18. The maximum atomic E-state index is 6.22. The lowest BCUT2D eigenvalue weighted by molar-refractivity contribution is 0.204. The van der Waals surface area contributed by atoms with Crippen molar-refractivity contribution < 1.29 is 4.74 Å². The van der Waals surface area contributed by atoms with Gasteiger partial charge in [-0.2, -0.15) is 0 Å². The van der Waals surface area contributed by atoms with E-state index in [1.165, 1.54) is 78.5 Å². The zero-order valence-electron chi connectivity index (χ0n) is 17.9. The van der Waals surface area contributed by atoms with E-state index in [2.05, 4.69) is 74.9 Å². The lowest BCUT2D eigenvalue weighted by Crippen LogP contribution is -2.34. The van der Waals surface area contributed by atoms with Gasteiger partial charge in [-0.1, -0.05) is 24.6 Å². The predicted molar refractivity (Wildman–Crippen MR) is 131 cm³/mol. The fraction of sp³-hybridized carbons (Fsp3) is 0.538. The molecule has 3 heterocycles. The number of nitrogens with zero attached hydrogens (tertiary/aromatic N) is 2. The molecule has 0 aliphatic carbocycles. The quantitative estimate of drug-likeness (QED) is 0.355. The van der Waals surface area contributed by atoms with Crippen molar-refractivity contribution in [2.45, 2.75) is 50.5 Å². The van der Waals surface area contributed by atoms with Crippen LogP contribution in [0.25, 0.3) is 0 Å². The second kappa shape index (κ2) is 9.58. The van der Waals surface area contributed by atoms with E-state index >= 15 is 0 Å². The van der Waals surface area contributed by atoms with Crippen LogP contribution < -0.4 is 4.74 Å². The van der Waals surface area contributed by atoms with E-state index in [1.54, 1.807) is 0 Å². The number of hydrogen-bond acceptors (Lipinski definition) is 3. The molecule has 4 heteroatoms. The van der Waals surface area contributed by atoms with Crippen molar-refractivity contribution in [3.8, 4) is 5.75 Å². The maximum Gasteiger partial charge on any atom is 0.119 e. The van der Waals surface area contributed by atoms with Crippen LogP contribution in [0, 0.1) is 3.57 Å². The Morgan fingerprint density at radius 3 is 2.57 bits per heavy atom. The smallest absolute Gasteiger partial charge is 0.119 e. The third kappa shape index (κ3) is 4.56. The zero-order valence-corrected chi connectivity index (χ0v) is 20.0. The van der Waals surface area contributed by atoms with Crippen molar-refractivity contribution in [3.63, 3.8) is 0 Å². The van der Waals surface area contributed by atoms with Gasteiger partial charge in [0, 0.05) is 28.6 Å². The lowest BCUT2D eigenvalue weighted by atomic mass is 9.81. The van der Waals surface area contributed by atoms with Crippen molar-refractivity contribution in [1.82, 2.24) is 9.80 Å². The van der Waals surface area contributed by atoms with Crippen LogP contribution in [0.2, 0.25) is 0 Å². The van der Waals surface area contributed by atoms with E-state index in [-0.39, 0.29) is 0 Å². The van der Waals surface area contributed by atoms with Crippen LogP contribution in [0.5, 0.6) is 5.75 Å². The molecular formula is C26H33IN2O. The van der Waals surface area contributed by atoms with Gasteiger partial charge in [-0.15, -0.1) is 0 Å². The minimum Gasteiger partial charge on any atom is -0.494 e. The van der Waals surface area contributed by atoms with Crippen LogP contribution >= 0.6 is 22.6 Å². The summed E-state index contributed by atoms with van der Waals surface area (Å²) in [5.74, 6) is 1.53. The summed E-state index contributed by atoms with van der Waals surface area (Å²) >= 11 is 2.40. The Balaban J connectivity index is 1.29. The van der Waals surface area contributed by atoms with Gasteiger partial charge in [-0.25, -0.2) is 0 Å². The Labute approximate surface area is 194 Å². The highest BCUT2D eigenvalue weighted by atomic mass is 127. The molecule has 2 fully saturated rings. The minimum atomic E-state index is 0.472. The van der Waals surface area contributed by atoms with Crippen molar-refractivity contribution in [2.75, 3.05) is 39.3 Å². The molecule has 3 nitrogen and oxygen atoms in total. The summed E-state index contributed by atoms with van der Waals surface area (Å²) in [5, 5.41) is 0. The van der Waals surface area contributed by atoms with Gasteiger partial charge in [0.2, 0.25) is 0 Å². The lowest BCUT2D eigenvalue weighted by Gasteiger charge is -2.37. The van der Waals surface area contributed by atoms with E-state index in [0.29, 0.717) is 12.0 Å². The monoisotopic (exact) mass is 516 g/mol. The van der Waals surface area contributed by atoms with Crippen LogP contribution in [0.15, 0.2) is 42.5 Å². The molecule has 160 valence electrons. The Morgan fingerprint density at radius 1 is 0.900 bits per heavy atom. The van der Waals surface area contributed by atoms with E-state index in [9.17, 15) is 0 Å². The second-order valence-corrected chi connectivity index (χ2v) is 10.4. The van der Waals surface area contributed by atoms with Crippen LogP contribution in [0.4, 0.5) is 0 Å². The molecule has 30 heavy (non-hydrogen) atoms. The molecule has 3 aliphatic rings. The number of benzene rings is 2. The first kappa shape index (κ1) is 20.8. The fourth-order valence-electron chi connectivity index (χ4n) is 5.62. The van der Waals surface area contributed by atoms with E-state index in [1.807, 2.05) is 0 Å². The normalized spacial score (nSPS) is 24.4. The summed E-state index contributed by atoms with van der Waals surface area (Å²) in [4.78, 5) is 5.30. The summed E-state index contributed by atoms with van der Waals surface area (Å²) in [6, 6.07) is 16.6. The van der Waals surface area contributed by atoms with Crippen molar-refractivity contribution >= 4 is 22.6 Å². The van der Waals surface area contributed by atoms with Crippen LogP contribution in [0.1, 0.15) is 67.2 Å². The predicted octanol–water partition coefficient (Wildman–Crippen LogP) is 5.83. The van der Waals surface area contributed by atoms with Gasteiger partial charge in [-0.05, 0) is 115 Å². The van der Waals surface area contributed by atoms with Gasteiger partial charge in [0.15, 0.2) is 0 Å². The number of likely N-dealkylation sites (tertiary alicyclic amines) is 1. The largest absolute Gasteiger partial charge is 0.494 e. The average molecular weight is 516 g/mol. The molecule has 2 aromatic carbocycles. The van der Waals surface area contributed by atoms with E-state index in [0.717, 1.165) is 25.3 Å². The number of halogens is 1. The second-order valence-electron chi connectivity index (χ2n) is 9.15. The highest BCUT2D eigenvalue weighted by Crippen LogP contribution is 2.45. The molecule has 0 unspecified atom stereocenters. The first-order valence-corrected chi connectivity index (χ1v) is 12.8. The van der Waals surface area contributed by atoms with Gasteiger partial charge < -0.3 is 9.64 Å². The number of fused-ring (bicyclic) bond motifs is 3. The first-order valence-electron chi connectivity index (χ1n) is 11.8. The van der Waals surface area contributed by atoms with Crippen LogP contribution in [0.3, 0.4) is 0 Å². The maximum absolute atomic E-state index is 6.22. The summed E-state index contributed by atoms with van der Waals surface area (Å²) in [6.45, 7) is 6.92. The molecule has 0 aromatic heterocycles. The minimum absolute atomic E-state index is 0.472. The Bertz CT molecular complexity index is 847. The van der Waals surface area contributed by atoms with Crippen LogP contribution in [-0.4, -0.2) is 49.1 Å². The molecule has 0 radical (unpaired) electrons. The van der Waals surface area contributed by atoms with Crippen molar-refractivity contribution in [3.05, 3.63) is 62.7 Å². The summed E-state index contributed by atoms with van der Waals surface area (Å²) in [7, 11) is 0. The number of hydrogen-bond donors (Lipinski definition) is 0. The number of ether oxygens (including phenoxy) is 1. The van der Waals surface area contributed by atoms with Gasteiger partial charge in [0.1, 0.15) is 5.75 Å². The highest BCUT2D eigenvalue weighted by Gasteiger charge is 2.36. The zero-order chi connectivity index (χ0) is 20.3. The Morgan fingerprint density at radius 2 is 1.73 bits per heavy atom. The number of rotatable bonds is 6. The van der Waals surface area contributed by atoms with E-state index in [4.69, 9.17) is 4.74 Å². The van der Waals surface area contributed by atoms with Gasteiger partial charge in [-0.3, -0.25) is 4.90 Å². The summed E-state index contributed by atoms with van der Waals surface area (Å²) in [6.07, 6.45) is 7.85. The standard InChI is InChI=1S/C26H33IN2O/c27-21-9-7-20(8-10-21)25-19-29-16-4-6-26(29)24-18-22(11-12-23(24)25)30-17-5-15-28-13-2-1-3-14-28/h7-12,18,25-26H,1-6,13-17,19H2/t25-,26-/m1/s1. The molecular weight excluding hydrogens is 483 g/mol. The van der Waals surface area contributed by atoms with Gasteiger partial charge in [0.05, 0.1) is 6.61 Å². The molecule has 0 bridgehead atoms. The topological polar surface area (TPSA) is 15.7 Å². The molecule has 0 amide bonds. The van der Waals surface area contributed by atoms with Crippen molar-refractivity contribution in [1.29, 1.82) is 0 Å². The Hall–Kier alpha value is -1.11. The highest BCUT2D eigenvalue weighted by molar-refractivity contribution is 14.1. The summed E-state index contributed by atoms with van der Waals surface area (Å²) < 4.78 is 7.53. The molecule has 0 N–H and O–H groups in total. The molecule has 2 saturated heterocycles. The van der Waals surface area contributed by atoms with Crippen LogP contribution in [-0.2, 0) is 0 Å². The number of piperidine rings is 1. The molecule has 0 spiro atoms. The molecule has 2 aromatic rings. The SMILES string of the molecule is Ic1ccc([C@H]2CN3CCC[C@@H]3c3cc(OCCCN4CCCCC4)ccc32)cc1. The summed E-state index contributed by atoms with van der Waals surface area (Å²) in [5.41, 5.74) is 4.47. The Kier molecular flexibility index (Phi) is 6.63. The van der Waals surface area contributed by atoms with E-state index < -0.39 is 0 Å². The van der Waals surface area contributed by atoms with Crippen molar-refractivity contribution in [2.24, 2.45) is 0 Å². The van der Waals surface area contributed by atoms with Gasteiger partial charge in [0.25, 0.3) is 0 Å². The first-order chi connectivity index (χ1) is 14.8. The average Bonchev–Trinajstić information content (AvgIpc) is 3.26. The molecule has 0 saturated carbocycles. The molecule has 3 aliphatic heterocycles. The molecule has 2 atom stereocenters.